The van der Waals surface area contributed by atoms with Gasteiger partial charge in [-0.3, -0.25) is 0 Å². The summed E-state index contributed by atoms with van der Waals surface area (Å²) in [6.07, 6.45) is 4.59. The second kappa shape index (κ2) is 7.13. The van der Waals surface area contributed by atoms with Gasteiger partial charge in [-0.05, 0) is 57.9 Å². The molecule has 1 aliphatic carbocycles. The van der Waals surface area contributed by atoms with Gasteiger partial charge in [-0.2, -0.15) is 0 Å². The molecule has 4 nitrogen and oxygen atoms in total. The lowest BCUT2D eigenvalue weighted by Gasteiger charge is -2.32. The Hall–Kier alpha value is -0.770. The second-order valence-electron chi connectivity index (χ2n) is 6.89. The summed E-state index contributed by atoms with van der Waals surface area (Å²) >= 11 is 0. The van der Waals surface area contributed by atoms with Crippen molar-refractivity contribution in [1.29, 1.82) is 0 Å². The van der Waals surface area contributed by atoms with Gasteiger partial charge >= 0.3 is 6.09 Å². The van der Waals surface area contributed by atoms with Gasteiger partial charge in [0.2, 0.25) is 0 Å². The van der Waals surface area contributed by atoms with Crippen LogP contribution in [-0.4, -0.2) is 24.8 Å². The van der Waals surface area contributed by atoms with Crippen molar-refractivity contribution < 1.29 is 9.53 Å². The molecule has 0 aromatic rings. The molecule has 0 aromatic carbocycles. The fourth-order valence-electron chi connectivity index (χ4n) is 2.77. The van der Waals surface area contributed by atoms with Crippen LogP contribution >= 0.6 is 0 Å². The Morgan fingerprint density at radius 1 is 1.42 bits per heavy atom. The summed E-state index contributed by atoms with van der Waals surface area (Å²) in [7, 11) is 0. The van der Waals surface area contributed by atoms with E-state index in [0.29, 0.717) is 17.8 Å². The van der Waals surface area contributed by atoms with Crippen molar-refractivity contribution >= 4 is 6.09 Å². The Labute approximate surface area is 117 Å². The maximum atomic E-state index is 11.6. The molecule has 1 rings (SSSR count). The molecule has 3 N–H and O–H groups in total. The average Bonchev–Trinajstić information content (AvgIpc) is 2.34. The van der Waals surface area contributed by atoms with Crippen molar-refractivity contribution in [3.63, 3.8) is 0 Å². The van der Waals surface area contributed by atoms with Crippen LogP contribution in [0.1, 0.15) is 53.4 Å². The Balaban J connectivity index is 2.31. The fourth-order valence-corrected chi connectivity index (χ4v) is 2.77. The molecule has 0 radical (unpaired) electrons. The molecular formula is C15H30N2O2. The number of hydrogen-bond acceptors (Lipinski definition) is 3. The van der Waals surface area contributed by atoms with Crippen molar-refractivity contribution in [3.8, 4) is 0 Å². The predicted molar refractivity (Wildman–Crippen MR) is 77.9 cm³/mol. The van der Waals surface area contributed by atoms with Gasteiger partial charge in [0.15, 0.2) is 0 Å². The van der Waals surface area contributed by atoms with Crippen LogP contribution in [0.2, 0.25) is 0 Å². The zero-order chi connectivity index (χ0) is 14.5. The van der Waals surface area contributed by atoms with Gasteiger partial charge in [-0.1, -0.05) is 19.8 Å². The molecule has 1 amide bonds. The summed E-state index contributed by atoms with van der Waals surface area (Å²) in [5.41, 5.74) is 5.33. The van der Waals surface area contributed by atoms with Gasteiger partial charge < -0.3 is 15.8 Å². The molecule has 1 fully saturated rings. The van der Waals surface area contributed by atoms with E-state index in [9.17, 15) is 4.79 Å². The number of carbonyl (C=O) groups is 1. The Kier molecular flexibility index (Phi) is 6.11. The number of carbonyl (C=O) groups excluding carboxylic acids is 1. The minimum absolute atomic E-state index is 0.304. The van der Waals surface area contributed by atoms with Gasteiger partial charge in [0, 0.05) is 6.54 Å². The van der Waals surface area contributed by atoms with E-state index in [4.69, 9.17) is 10.5 Å². The molecule has 19 heavy (non-hydrogen) atoms. The summed E-state index contributed by atoms with van der Waals surface area (Å²) in [6, 6.07) is 0. The predicted octanol–water partition coefficient (Wildman–Crippen LogP) is 2.91. The highest BCUT2D eigenvalue weighted by Gasteiger charge is 2.26. The molecular weight excluding hydrogens is 240 g/mol. The molecule has 3 atom stereocenters. The molecule has 0 saturated heterocycles. The Bertz CT molecular complexity index is 286. The maximum absolute atomic E-state index is 11.6. The molecule has 1 aliphatic rings. The summed E-state index contributed by atoms with van der Waals surface area (Å²) in [5, 5.41) is 2.89. The van der Waals surface area contributed by atoms with Gasteiger partial charge in [0.25, 0.3) is 0 Å². The molecule has 0 aliphatic heterocycles. The molecule has 0 heterocycles. The standard InChI is InChI=1S/C15H30N2O2/c1-11(9-16)13-7-5-6-12(8-13)10-17-14(18)19-15(2,3)4/h11-13H,5-10,16H2,1-4H3,(H,17,18). The first-order valence-electron chi connectivity index (χ1n) is 7.48. The van der Waals surface area contributed by atoms with Crippen molar-refractivity contribution in [2.24, 2.45) is 23.5 Å². The molecule has 0 bridgehead atoms. The summed E-state index contributed by atoms with van der Waals surface area (Å²) in [6.45, 7) is 9.36. The molecule has 112 valence electrons. The van der Waals surface area contributed by atoms with Crippen molar-refractivity contribution in [2.45, 2.75) is 59.0 Å². The number of amides is 1. The van der Waals surface area contributed by atoms with Crippen LogP contribution in [0.25, 0.3) is 0 Å². The maximum Gasteiger partial charge on any atom is 0.407 e. The summed E-state index contributed by atoms with van der Waals surface area (Å²) in [5.74, 6) is 1.87. The number of hydrogen-bond donors (Lipinski definition) is 2. The zero-order valence-electron chi connectivity index (χ0n) is 12.9. The van der Waals surface area contributed by atoms with E-state index in [1.165, 1.54) is 25.7 Å². The quantitative estimate of drug-likeness (QED) is 0.825. The van der Waals surface area contributed by atoms with Crippen LogP contribution in [0.15, 0.2) is 0 Å². The monoisotopic (exact) mass is 270 g/mol. The van der Waals surface area contributed by atoms with E-state index in [2.05, 4.69) is 12.2 Å². The third-order valence-corrected chi connectivity index (χ3v) is 3.93. The molecule has 3 unspecified atom stereocenters. The highest BCUT2D eigenvalue weighted by Crippen LogP contribution is 2.33. The lowest BCUT2D eigenvalue weighted by atomic mass is 9.75. The second-order valence-corrected chi connectivity index (χ2v) is 6.89. The first kappa shape index (κ1) is 16.3. The smallest absolute Gasteiger partial charge is 0.407 e. The highest BCUT2D eigenvalue weighted by molar-refractivity contribution is 5.67. The van der Waals surface area contributed by atoms with Crippen LogP contribution in [-0.2, 0) is 4.74 Å². The molecule has 1 saturated carbocycles. The van der Waals surface area contributed by atoms with Gasteiger partial charge in [0.05, 0.1) is 0 Å². The normalized spacial score (nSPS) is 25.7. The van der Waals surface area contributed by atoms with Crippen molar-refractivity contribution in [2.75, 3.05) is 13.1 Å². The third kappa shape index (κ3) is 6.28. The Morgan fingerprint density at radius 3 is 2.68 bits per heavy atom. The van der Waals surface area contributed by atoms with Gasteiger partial charge in [0.1, 0.15) is 5.60 Å². The average molecular weight is 270 g/mol. The molecule has 0 spiro atoms. The van der Waals surface area contributed by atoms with E-state index in [-0.39, 0.29) is 6.09 Å². The molecule has 4 heteroatoms. The highest BCUT2D eigenvalue weighted by atomic mass is 16.6. The van der Waals surface area contributed by atoms with Crippen molar-refractivity contribution in [3.05, 3.63) is 0 Å². The lowest BCUT2D eigenvalue weighted by molar-refractivity contribution is 0.0509. The SMILES string of the molecule is CC(CN)C1CCCC(CNC(=O)OC(C)(C)C)C1. The van der Waals surface area contributed by atoms with E-state index in [0.717, 1.165) is 13.1 Å². The lowest BCUT2D eigenvalue weighted by Crippen LogP contribution is -2.37. The van der Waals surface area contributed by atoms with Crippen LogP contribution in [0.3, 0.4) is 0 Å². The number of ether oxygens (including phenoxy) is 1. The van der Waals surface area contributed by atoms with Crippen molar-refractivity contribution in [1.82, 2.24) is 5.32 Å². The fraction of sp³-hybridized carbons (Fsp3) is 0.933. The van der Waals surface area contributed by atoms with E-state index < -0.39 is 5.60 Å². The summed E-state index contributed by atoms with van der Waals surface area (Å²) in [4.78, 5) is 11.6. The van der Waals surface area contributed by atoms with Gasteiger partial charge in [-0.25, -0.2) is 4.79 Å². The first-order chi connectivity index (χ1) is 8.81. The van der Waals surface area contributed by atoms with Gasteiger partial charge in [-0.15, -0.1) is 0 Å². The largest absolute Gasteiger partial charge is 0.444 e. The number of nitrogens with one attached hydrogen (secondary N) is 1. The van der Waals surface area contributed by atoms with Crippen LogP contribution < -0.4 is 11.1 Å². The van der Waals surface area contributed by atoms with E-state index >= 15 is 0 Å². The van der Waals surface area contributed by atoms with Crippen LogP contribution in [0, 0.1) is 17.8 Å². The van der Waals surface area contributed by atoms with E-state index in [1.807, 2.05) is 20.8 Å². The first-order valence-corrected chi connectivity index (χ1v) is 7.48. The van der Waals surface area contributed by atoms with Crippen LogP contribution in [0.4, 0.5) is 4.79 Å². The topological polar surface area (TPSA) is 64.3 Å². The number of rotatable bonds is 4. The van der Waals surface area contributed by atoms with E-state index in [1.54, 1.807) is 0 Å². The minimum Gasteiger partial charge on any atom is -0.444 e. The minimum atomic E-state index is -0.423. The van der Waals surface area contributed by atoms with Crippen LogP contribution in [0.5, 0.6) is 0 Å². The number of nitrogens with two attached hydrogens (primary N) is 1. The Morgan fingerprint density at radius 2 is 2.11 bits per heavy atom. The zero-order valence-corrected chi connectivity index (χ0v) is 12.9. The summed E-state index contributed by atoms with van der Waals surface area (Å²) < 4.78 is 5.25. The molecule has 0 aromatic heterocycles. The third-order valence-electron chi connectivity index (χ3n) is 3.93. The number of alkyl carbamates (subject to hydrolysis) is 1.